The lowest BCUT2D eigenvalue weighted by Gasteiger charge is -2.40. The van der Waals surface area contributed by atoms with Gasteiger partial charge in [-0.2, -0.15) is 5.10 Å². The van der Waals surface area contributed by atoms with Crippen molar-refractivity contribution in [2.24, 2.45) is 14.1 Å². The van der Waals surface area contributed by atoms with Crippen molar-refractivity contribution in [1.82, 2.24) is 24.2 Å². The van der Waals surface area contributed by atoms with E-state index in [1.165, 1.54) is 4.68 Å². The summed E-state index contributed by atoms with van der Waals surface area (Å²) in [6, 6.07) is 8.37. The minimum atomic E-state index is -0.550. The van der Waals surface area contributed by atoms with Crippen LogP contribution in [0.15, 0.2) is 42.7 Å². The predicted octanol–water partition coefficient (Wildman–Crippen LogP) is 1.18. The number of aliphatic hydroxyl groups is 1. The average Bonchev–Trinajstić information content (AvgIpc) is 3.33. The molecule has 1 saturated heterocycles. The molecule has 0 bridgehead atoms. The Morgan fingerprint density at radius 3 is 2.62 bits per heavy atom. The topological polar surface area (TPSA) is 115 Å². The van der Waals surface area contributed by atoms with Gasteiger partial charge in [0.05, 0.1) is 24.9 Å². The molecule has 2 N–H and O–H groups in total. The van der Waals surface area contributed by atoms with E-state index >= 15 is 0 Å². The van der Waals surface area contributed by atoms with Crippen LogP contribution in [0.2, 0.25) is 0 Å². The molecule has 1 fully saturated rings. The van der Waals surface area contributed by atoms with Gasteiger partial charge in [-0.25, -0.2) is 4.98 Å². The van der Waals surface area contributed by atoms with Crippen LogP contribution in [0.1, 0.15) is 33.7 Å². The molecule has 1 aromatic carbocycles. The van der Waals surface area contributed by atoms with Gasteiger partial charge in [0.15, 0.2) is 0 Å². The third-order valence-corrected chi connectivity index (χ3v) is 5.61. The van der Waals surface area contributed by atoms with E-state index in [9.17, 15) is 14.7 Å². The van der Waals surface area contributed by atoms with Crippen molar-refractivity contribution < 1.29 is 19.4 Å². The number of ether oxygens (including phenoxy) is 1. The molecule has 1 aliphatic rings. The summed E-state index contributed by atoms with van der Waals surface area (Å²) in [5.74, 6) is 0.273. The normalized spacial score (nSPS) is 18.8. The smallest absolute Gasteiger partial charge is 0.273 e. The van der Waals surface area contributed by atoms with Crippen LogP contribution < -0.4 is 5.32 Å². The number of imidazole rings is 1. The number of amides is 2. The van der Waals surface area contributed by atoms with E-state index in [0.29, 0.717) is 11.4 Å². The van der Waals surface area contributed by atoms with Crippen LogP contribution in [-0.2, 0) is 30.2 Å². The van der Waals surface area contributed by atoms with E-state index in [-0.39, 0.29) is 31.6 Å². The molecule has 3 heterocycles. The Morgan fingerprint density at radius 1 is 1.28 bits per heavy atom. The van der Waals surface area contributed by atoms with Crippen LogP contribution in [0.4, 0.5) is 5.69 Å². The van der Waals surface area contributed by atoms with Crippen LogP contribution in [0, 0.1) is 6.92 Å². The fraction of sp³-hybridized carbons (Fsp3) is 0.364. The predicted molar refractivity (Wildman–Crippen MR) is 116 cm³/mol. The summed E-state index contributed by atoms with van der Waals surface area (Å²) in [5, 5.41) is 17.1. The molecule has 4 rings (SSSR count). The average molecular weight is 438 g/mol. The Hall–Kier alpha value is -3.50. The maximum absolute atomic E-state index is 12.5. The number of nitrogens with one attached hydrogen (secondary N) is 1. The van der Waals surface area contributed by atoms with Gasteiger partial charge < -0.3 is 24.6 Å². The van der Waals surface area contributed by atoms with E-state index in [2.05, 4.69) is 15.4 Å². The van der Waals surface area contributed by atoms with Crippen LogP contribution in [-0.4, -0.2) is 60.4 Å². The van der Waals surface area contributed by atoms with Gasteiger partial charge in [0, 0.05) is 32.2 Å². The second-order valence-corrected chi connectivity index (χ2v) is 7.83. The second kappa shape index (κ2) is 8.93. The quantitative estimate of drug-likeness (QED) is 0.597. The minimum absolute atomic E-state index is 0.0794. The first-order valence-corrected chi connectivity index (χ1v) is 10.3. The molecule has 1 aliphatic heterocycles. The van der Waals surface area contributed by atoms with Gasteiger partial charge in [0.2, 0.25) is 5.91 Å². The first kappa shape index (κ1) is 21.7. The third kappa shape index (κ3) is 4.27. The van der Waals surface area contributed by atoms with Gasteiger partial charge >= 0.3 is 0 Å². The highest BCUT2D eigenvalue weighted by molar-refractivity contribution is 6.03. The van der Waals surface area contributed by atoms with Gasteiger partial charge in [-0.3, -0.25) is 14.3 Å². The molecule has 0 spiro atoms. The fourth-order valence-electron chi connectivity index (χ4n) is 3.90. The van der Waals surface area contributed by atoms with E-state index in [1.54, 1.807) is 36.3 Å². The van der Waals surface area contributed by atoms with E-state index in [4.69, 9.17) is 4.74 Å². The Balaban J connectivity index is 1.49. The number of aryl methyl sites for hydroxylation is 3. The number of carbonyl (C=O) groups excluding carboxylic acids is 2. The summed E-state index contributed by atoms with van der Waals surface area (Å²) < 4.78 is 9.17. The molecule has 10 heteroatoms. The number of rotatable bonds is 6. The number of aliphatic hydroxyl groups excluding tert-OH is 1. The van der Waals surface area contributed by atoms with Crippen molar-refractivity contribution in [3.05, 3.63) is 65.5 Å². The zero-order valence-corrected chi connectivity index (χ0v) is 18.2. The van der Waals surface area contributed by atoms with E-state index < -0.39 is 12.1 Å². The SMILES string of the molecule is Cc1cc(C(=O)Nc2ccc(C3OCC(=O)N(Cc4nccn4C)C3CO)cc2)n(C)n1. The summed E-state index contributed by atoms with van der Waals surface area (Å²) in [6.07, 6.45) is 2.99. The van der Waals surface area contributed by atoms with Crippen LogP contribution in [0.5, 0.6) is 0 Å². The zero-order valence-electron chi connectivity index (χ0n) is 18.2. The lowest BCUT2D eigenvalue weighted by molar-refractivity contribution is -0.162. The van der Waals surface area contributed by atoms with Gasteiger partial charge in [-0.1, -0.05) is 12.1 Å². The largest absolute Gasteiger partial charge is 0.394 e. The summed E-state index contributed by atoms with van der Waals surface area (Å²) in [7, 11) is 3.58. The molecule has 168 valence electrons. The first-order valence-electron chi connectivity index (χ1n) is 10.3. The molecule has 0 aliphatic carbocycles. The monoisotopic (exact) mass is 438 g/mol. The number of hydrogen-bond acceptors (Lipinski definition) is 6. The molecule has 2 unspecified atom stereocenters. The first-order chi connectivity index (χ1) is 15.4. The van der Waals surface area contributed by atoms with Gasteiger partial charge in [0.25, 0.3) is 5.91 Å². The van der Waals surface area contributed by atoms with Crippen molar-refractivity contribution >= 4 is 17.5 Å². The van der Waals surface area contributed by atoms with E-state index in [1.807, 2.05) is 36.9 Å². The van der Waals surface area contributed by atoms with Crippen LogP contribution in [0.3, 0.4) is 0 Å². The second-order valence-electron chi connectivity index (χ2n) is 7.83. The fourth-order valence-corrected chi connectivity index (χ4v) is 3.90. The maximum Gasteiger partial charge on any atom is 0.273 e. The Morgan fingerprint density at radius 2 is 2.03 bits per heavy atom. The number of benzene rings is 1. The highest BCUT2D eigenvalue weighted by atomic mass is 16.5. The lowest BCUT2D eigenvalue weighted by Crippen LogP contribution is -2.52. The van der Waals surface area contributed by atoms with Crippen molar-refractivity contribution in [2.45, 2.75) is 25.6 Å². The molecular formula is C22H26N6O4. The minimum Gasteiger partial charge on any atom is -0.394 e. The number of anilines is 1. The summed E-state index contributed by atoms with van der Waals surface area (Å²) in [4.78, 5) is 30.9. The number of hydrogen-bond donors (Lipinski definition) is 2. The summed E-state index contributed by atoms with van der Waals surface area (Å²) in [6.45, 7) is 1.78. The lowest BCUT2D eigenvalue weighted by atomic mass is 9.99. The third-order valence-electron chi connectivity index (χ3n) is 5.61. The zero-order chi connectivity index (χ0) is 22.8. The molecule has 2 aromatic heterocycles. The Labute approximate surface area is 185 Å². The standard InChI is InChI=1S/C22H26N6O4/c1-14-10-17(27(3)25-14)22(31)24-16-6-4-15(5-7-16)21-18(12-29)28(20(30)13-32-21)11-19-23-8-9-26(19)2/h4-10,18,21,29H,11-13H2,1-3H3,(H,24,31). The summed E-state index contributed by atoms with van der Waals surface area (Å²) >= 11 is 0. The molecule has 32 heavy (non-hydrogen) atoms. The number of carbonyl (C=O) groups is 2. The van der Waals surface area contributed by atoms with Crippen molar-refractivity contribution in [2.75, 3.05) is 18.5 Å². The molecular weight excluding hydrogens is 412 g/mol. The van der Waals surface area contributed by atoms with E-state index in [0.717, 1.165) is 17.1 Å². The Bertz CT molecular complexity index is 1120. The van der Waals surface area contributed by atoms with Crippen molar-refractivity contribution in [1.29, 1.82) is 0 Å². The van der Waals surface area contributed by atoms with Crippen LogP contribution >= 0.6 is 0 Å². The van der Waals surface area contributed by atoms with Gasteiger partial charge in [-0.05, 0) is 30.7 Å². The number of aromatic nitrogens is 4. The van der Waals surface area contributed by atoms with Crippen molar-refractivity contribution in [3.63, 3.8) is 0 Å². The highest BCUT2D eigenvalue weighted by Gasteiger charge is 2.37. The van der Waals surface area contributed by atoms with Gasteiger partial charge in [0.1, 0.15) is 24.2 Å². The van der Waals surface area contributed by atoms with Gasteiger partial charge in [-0.15, -0.1) is 0 Å². The highest BCUT2D eigenvalue weighted by Crippen LogP contribution is 2.30. The molecule has 0 radical (unpaired) electrons. The molecule has 2 atom stereocenters. The number of nitrogens with zero attached hydrogens (tertiary/aromatic N) is 5. The number of morpholine rings is 1. The molecule has 2 amide bonds. The summed E-state index contributed by atoms with van der Waals surface area (Å²) in [5.41, 5.74) is 2.65. The maximum atomic E-state index is 12.5. The molecule has 10 nitrogen and oxygen atoms in total. The molecule has 3 aromatic rings. The van der Waals surface area contributed by atoms with Crippen molar-refractivity contribution in [3.8, 4) is 0 Å². The Kier molecular flexibility index (Phi) is 6.06. The van der Waals surface area contributed by atoms with Crippen LogP contribution in [0.25, 0.3) is 0 Å². The molecule has 0 saturated carbocycles.